The van der Waals surface area contributed by atoms with Gasteiger partial charge in [-0.05, 0) is 59.8 Å². The first-order valence-corrected chi connectivity index (χ1v) is 7.88. The second kappa shape index (κ2) is 5.02. The summed E-state index contributed by atoms with van der Waals surface area (Å²) in [6, 6.07) is 4.53. The lowest BCUT2D eigenvalue weighted by Crippen LogP contribution is -2.34. The number of carbonyl (C=O) groups excluding carboxylic acids is 1. The summed E-state index contributed by atoms with van der Waals surface area (Å²) in [5.41, 5.74) is 5.43. The van der Waals surface area contributed by atoms with Crippen LogP contribution in [0.4, 0.5) is 0 Å². The minimum absolute atomic E-state index is 0.180. The molecule has 0 heterocycles. The Morgan fingerprint density at radius 2 is 1.55 bits per heavy atom. The molecule has 1 aliphatic rings. The number of hydrogen-bond donors (Lipinski definition) is 0. The molecule has 20 heavy (non-hydrogen) atoms. The summed E-state index contributed by atoms with van der Waals surface area (Å²) in [6.07, 6.45) is 4.50. The van der Waals surface area contributed by atoms with Crippen molar-refractivity contribution >= 4 is 5.78 Å². The van der Waals surface area contributed by atoms with Gasteiger partial charge in [-0.2, -0.15) is 0 Å². The van der Waals surface area contributed by atoms with Crippen molar-refractivity contribution in [3.05, 3.63) is 34.4 Å². The van der Waals surface area contributed by atoms with E-state index in [2.05, 4.69) is 46.8 Å². The first-order valence-electron chi connectivity index (χ1n) is 7.88. The van der Waals surface area contributed by atoms with Crippen molar-refractivity contribution in [2.75, 3.05) is 0 Å². The monoisotopic (exact) mass is 272 g/mol. The van der Waals surface area contributed by atoms with Gasteiger partial charge in [0.05, 0.1) is 0 Å². The molecule has 0 saturated carbocycles. The molecule has 1 heteroatoms. The molecule has 0 bridgehead atoms. The Bertz CT molecular complexity index is 535. The fourth-order valence-electron chi connectivity index (χ4n) is 3.46. The topological polar surface area (TPSA) is 17.1 Å². The van der Waals surface area contributed by atoms with E-state index in [9.17, 15) is 4.79 Å². The third-order valence-electron chi connectivity index (χ3n) is 4.98. The van der Waals surface area contributed by atoms with E-state index in [1.165, 1.54) is 29.5 Å². The molecule has 0 N–H and O–H groups in total. The summed E-state index contributed by atoms with van der Waals surface area (Å²) in [4.78, 5) is 12.0. The molecule has 0 fully saturated rings. The van der Waals surface area contributed by atoms with Crippen LogP contribution in [0, 0.1) is 0 Å². The lowest BCUT2D eigenvalue weighted by Gasteiger charge is -2.42. The van der Waals surface area contributed by atoms with Crippen molar-refractivity contribution < 1.29 is 4.79 Å². The lowest BCUT2D eigenvalue weighted by molar-refractivity contribution is 0.101. The number of carbonyl (C=O) groups is 1. The first kappa shape index (κ1) is 15.3. The third kappa shape index (κ3) is 2.55. The number of aryl methyl sites for hydroxylation is 1. The van der Waals surface area contributed by atoms with Gasteiger partial charge in [-0.15, -0.1) is 0 Å². The summed E-state index contributed by atoms with van der Waals surface area (Å²) < 4.78 is 0. The van der Waals surface area contributed by atoms with E-state index in [4.69, 9.17) is 0 Å². The van der Waals surface area contributed by atoms with E-state index in [1.807, 2.05) is 0 Å². The Morgan fingerprint density at radius 3 is 2.00 bits per heavy atom. The largest absolute Gasteiger partial charge is 0.295 e. The van der Waals surface area contributed by atoms with Gasteiger partial charge in [0.2, 0.25) is 0 Å². The first-order chi connectivity index (χ1) is 9.19. The van der Waals surface area contributed by atoms with Gasteiger partial charge in [-0.3, -0.25) is 4.79 Å². The van der Waals surface area contributed by atoms with Crippen LogP contribution >= 0.6 is 0 Å². The van der Waals surface area contributed by atoms with E-state index >= 15 is 0 Å². The third-order valence-corrected chi connectivity index (χ3v) is 4.98. The average Bonchev–Trinajstić information content (AvgIpc) is 2.35. The maximum atomic E-state index is 12.0. The van der Waals surface area contributed by atoms with Crippen LogP contribution in [0.15, 0.2) is 12.1 Å². The van der Waals surface area contributed by atoms with E-state index in [-0.39, 0.29) is 16.6 Å². The quantitative estimate of drug-likeness (QED) is 0.692. The number of rotatable bonds is 3. The molecule has 0 aromatic heterocycles. The zero-order valence-electron chi connectivity index (χ0n) is 13.9. The van der Waals surface area contributed by atoms with Crippen molar-refractivity contribution in [2.45, 2.75) is 78.1 Å². The fourth-order valence-corrected chi connectivity index (χ4v) is 3.46. The number of benzene rings is 1. The van der Waals surface area contributed by atoms with Gasteiger partial charge in [0.15, 0.2) is 5.78 Å². The van der Waals surface area contributed by atoms with Gasteiger partial charge >= 0.3 is 0 Å². The Kier molecular flexibility index (Phi) is 3.83. The van der Waals surface area contributed by atoms with Gasteiger partial charge in [0.25, 0.3) is 0 Å². The number of Topliss-reactive ketones (excluding diaryl/α,β-unsaturated/α-hetero) is 1. The highest BCUT2D eigenvalue weighted by Crippen LogP contribution is 2.46. The summed E-state index contributed by atoms with van der Waals surface area (Å²) in [5.74, 6) is 0.204. The Labute approximate surface area is 123 Å². The van der Waals surface area contributed by atoms with Crippen LogP contribution in [0.3, 0.4) is 0 Å². The molecular formula is C19H28O. The van der Waals surface area contributed by atoms with Crippen molar-refractivity contribution in [3.8, 4) is 0 Å². The number of ketones is 1. The van der Waals surface area contributed by atoms with Crippen LogP contribution in [-0.4, -0.2) is 5.78 Å². The van der Waals surface area contributed by atoms with Crippen molar-refractivity contribution in [3.63, 3.8) is 0 Å². The smallest absolute Gasteiger partial charge is 0.160 e. The zero-order chi connectivity index (χ0) is 15.1. The van der Waals surface area contributed by atoms with Crippen LogP contribution in [-0.2, 0) is 17.3 Å². The van der Waals surface area contributed by atoms with E-state index in [1.54, 1.807) is 6.92 Å². The predicted octanol–water partition coefficient (Wildman–Crippen LogP) is 5.19. The molecule has 1 aliphatic carbocycles. The second-order valence-electron chi connectivity index (χ2n) is 7.63. The molecule has 0 unspecified atom stereocenters. The normalized spacial score (nSPS) is 19.5. The highest BCUT2D eigenvalue weighted by atomic mass is 16.1. The fraction of sp³-hybridized carbons (Fsp3) is 0.632. The maximum Gasteiger partial charge on any atom is 0.160 e. The van der Waals surface area contributed by atoms with E-state index < -0.39 is 0 Å². The molecule has 1 aromatic carbocycles. The van der Waals surface area contributed by atoms with Crippen molar-refractivity contribution in [1.29, 1.82) is 0 Å². The summed E-state index contributed by atoms with van der Waals surface area (Å²) in [6.45, 7) is 13.2. The molecule has 2 rings (SSSR count). The van der Waals surface area contributed by atoms with Crippen LogP contribution in [0.2, 0.25) is 0 Å². The summed E-state index contributed by atoms with van der Waals surface area (Å²) in [5, 5.41) is 0. The molecule has 110 valence electrons. The van der Waals surface area contributed by atoms with Gasteiger partial charge in [-0.25, -0.2) is 0 Å². The van der Waals surface area contributed by atoms with Crippen LogP contribution < -0.4 is 0 Å². The molecule has 1 aromatic rings. The summed E-state index contributed by atoms with van der Waals surface area (Å²) >= 11 is 0. The Hall–Kier alpha value is -1.11. The lowest BCUT2D eigenvalue weighted by atomic mass is 9.62. The molecule has 1 nitrogen and oxygen atoms in total. The van der Waals surface area contributed by atoms with E-state index in [0.29, 0.717) is 0 Å². The van der Waals surface area contributed by atoms with Crippen LogP contribution in [0.1, 0.15) is 87.9 Å². The minimum atomic E-state index is 0.180. The maximum absolute atomic E-state index is 12.0. The van der Waals surface area contributed by atoms with Gasteiger partial charge < -0.3 is 0 Å². The summed E-state index contributed by atoms with van der Waals surface area (Å²) in [7, 11) is 0. The standard InChI is InChI=1S/C19H28O/c1-7-8-14-11-16-17(12-15(14)13(2)20)19(5,6)10-9-18(16,3)4/h11-12H,7-10H2,1-6H3. The number of fused-ring (bicyclic) bond motifs is 1. The average molecular weight is 272 g/mol. The van der Waals surface area contributed by atoms with Gasteiger partial charge in [0.1, 0.15) is 0 Å². The predicted molar refractivity (Wildman–Crippen MR) is 85.7 cm³/mol. The molecule has 0 radical (unpaired) electrons. The highest BCUT2D eigenvalue weighted by molar-refractivity contribution is 5.96. The Morgan fingerprint density at radius 1 is 1.05 bits per heavy atom. The highest BCUT2D eigenvalue weighted by Gasteiger charge is 2.37. The molecule has 0 aliphatic heterocycles. The molecule has 0 spiro atoms. The SMILES string of the molecule is CCCc1cc2c(cc1C(C)=O)C(C)(C)CCC2(C)C. The molecule has 0 amide bonds. The van der Waals surface area contributed by atoms with Crippen LogP contribution in [0.25, 0.3) is 0 Å². The van der Waals surface area contributed by atoms with E-state index in [0.717, 1.165) is 18.4 Å². The second-order valence-corrected chi connectivity index (χ2v) is 7.63. The molecule has 0 saturated heterocycles. The van der Waals surface area contributed by atoms with Crippen molar-refractivity contribution in [2.24, 2.45) is 0 Å². The van der Waals surface area contributed by atoms with Crippen molar-refractivity contribution in [1.82, 2.24) is 0 Å². The van der Waals surface area contributed by atoms with Gasteiger partial charge in [-0.1, -0.05) is 47.1 Å². The molecular weight excluding hydrogens is 244 g/mol. The zero-order valence-corrected chi connectivity index (χ0v) is 13.9. The molecule has 0 atom stereocenters. The van der Waals surface area contributed by atoms with Gasteiger partial charge in [0, 0.05) is 5.56 Å². The number of hydrogen-bond acceptors (Lipinski definition) is 1. The van der Waals surface area contributed by atoms with Crippen LogP contribution in [0.5, 0.6) is 0 Å². The minimum Gasteiger partial charge on any atom is -0.295 e. The Balaban J connectivity index is 2.70.